The first kappa shape index (κ1) is 12.1. The Morgan fingerprint density at radius 2 is 2.00 bits per heavy atom. The molecule has 0 aliphatic heterocycles. The van der Waals surface area contributed by atoms with Crippen molar-refractivity contribution >= 4 is 5.97 Å². The van der Waals surface area contributed by atoms with Crippen molar-refractivity contribution in [3.8, 4) is 0 Å². The highest BCUT2D eigenvalue weighted by atomic mass is 16.6. The molecule has 1 aliphatic carbocycles. The van der Waals surface area contributed by atoms with Crippen LogP contribution in [0.15, 0.2) is 24.3 Å². The standard InChI is InChI=1S/C14H19NO2/c1-14(2,3)17-13(16)11-8-9-6-4-5-7-10(9)12(11)15/h4-7,11-12H,8,15H2,1-3H3. The Hall–Kier alpha value is -1.35. The fourth-order valence-corrected chi connectivity index (χ4v) is 2.23. The van der Waals surface area contributed by atoms with Crippen LogP contribution in [0.5, 0.6) is 0 Å². The maximum absolute atomic E-state index is 12.0. The molecule has 0 saturated heterocycles. The van der Waals surface area contributed by atoms with Crippen LogP contribution in [0.4, 0.5) is 0 Å². The van der Waals surface area contributed by atoms with Crippen LogP contribution in [-0.4, -0.2) is 11.6 Å². The highest BCUT2D eigenvalue weighted by molar-refractivity contribution is 5.76. The Balaban J connectivity index is 2.15. The average molecular weight is 233 g/mol. The van der Waals surface area contributed by atoms with Crippen LogP contribution in [0.25, 0.3) is 0 Å². The third-order valence-electron chi connectivity index (χ3n) is 3.00. The molecule has 3 nitrogen and oxygen atoms in total. The van der Waals surface area contributed by atoms with E-state index in [0.29, 0.717) is 6.42 Å². The zero-order valence-corrected chi connectivity index (χ0v) is 10.6. The van der Waals surface area contributed by atoms with E-state index in [0.717, 1.165) is 11.1 Å². The third kappa shape index (κ3) is 2.50. The summed E-state index contributed by atoms with van der Waals surface area (Å²) in [5.41, 5.74) is 7.89. The molecule has 0 spiro atoms. The highest BCUT2D eigenvalue weighted by Crippen LogP contribution is 2.35. The molecule has 2 N–H and O–H groups in total. The molecule has 3 heteroatoms. The smallest absolute Gasteiger partial charge is 0.311 e. The fourth-order valence-electron chi connectivity index (χ4n) is 2.23. The number of hydrogen-bond acceptors (Lipinski definition) is 3. The van der Waals surface area contributed by atoms with Gasteiger partial charge in [-0.25, -0.2) is 0 Å². The number of esters is 1. The Morgan fingerprint density at radius 3 is 2.59 bits per heavy atom. The molecule has 1 aromatic carbocycles. The molecule has 0 amide bonds. The highest BCUT2D eigenvalue weighted by Gasteiger charge is 2.37. The average Bonchev–Trinajstić information content (AvgIpc) is 2.55. The summed E-state index contributed by atoms with van der Waals surface area (Å²) in [6.07, 6.45) is 0.687. The van der Waals surface area contributed by atoms with E-state index in [1.807, 2.05) is 45.0 Å². The van der Waals surface area contributed by atoms with Gasteiger partial charge in [0.25, 0.3) is 0 Å². The summed E-state index contributed by atoms with van der Waals surface area (Å²) in [4.78, 5) is 12.0. The second-order valence-corrected chi connectivity index (χ2v) is 5.57. The second-order valence-electron chi connectivity index (χ2n) is 5.57. The maximum atomic E-state index is 12.0. The van der Waals surface area contributed by atoms with Gasteiger partial charge in [0.15, 0.2) is 0 Å². The lowest BCUT2D eigenvalue weighted by molar-refractivity contribution is -0.160. The Morgan fingerprint density at radius 1 is 1.35 bits per heavy atom. The van der Waals surface area contributed by atoms with Gasteiger partial charge in [0.05, 0.1) is 5.92 Å². The quantitative estimate of drug-likeness (QED) is 0.756. The molecule has 17 heavy (non-hydrogen) atoms. The van der Waals surface area contributed by atoms with Crippen molar-refractivity contribution < 1.29 is 9.53 Å². The van der Waals surface area contributed by atoms with E-state index in [-0.39, 0.29) is 17.9 Å². The Labute approximate surface area is 102 Å². The summed E-state index contributed by atoms with van der Waals surface area (Å²) in [5.74, 6) is -0.437. The lowest BCUT2D eigenvalue weighted by Crippen LogP contribution is -2.32. The van der Waals surface area contributed by atoms with Gasteiger partial charge in [0.1, 0.15) is 5.60 Å². The molecule has 0 heterocycles. The number of fused-ring (bicyclic) bond motifs is 1. The molecule has 2 atom stereocenters. The first-order valence-electron chi connectivity index (χ1n) is 5.95. The van der Waals surface area contributed by atoms with Crippen LogP contribution in [0.3, 0.4) is 0 Å². The third-order valence-corrected chi connectivity index (χ3v) is 3.00. The van der Waals surface area contributed by atoms with E-state index in [4.69, 9.17) is 10.5 Å². The van der Waals surface area contributed by atoms with E-state index in [9.17, 15) is 4.79 Å². The van der Waals surface area contributed by atoms with Crippen LogP contribution in [0.1, 0.15) is 37.9 Å². The first-order chi connectivity index (χ1) is 7.88. The van der Waals surface area contributed by atoms with Crippen LogP contribution in [0.2, 0.25) is 0 Å². The number of benzene rings is 1. The summed E-state index contributed by atoms with van der Waals surface area (Å²) in [7, 11) is 0. The Kier molecular flexibility index (Phi) is 2.96. The lowest BCUT2D eigenvalue weighted by atomic mass is 10.0. The summed E-state index contributed by atoms with van der Waals surface area (Å²) in [6.45, 7) is 5.62. The largest absolute Gasteiger partial charge is 0.460 e. The van der Waals surface area contributed by atoms with Gasteiger partial charge in [-0.2, -0.15) is 0 Å². The molecule has 0 bridgehead atoms. The fraction of sp³-hybridized carbons (Fsp3) is 0.500. The number of carbonyl (C=O) groups is 1. The summed E-state index contributed by atoms with van der Waals surface area (Å²) in [5, 5.41) is 0. The predicted molar refractivity (Wildman–Crippen MR) is 66.4 cm³/mol. The lowest BCUT2D eigenvalue weighted by Gasteiger charge is -2.23. The molecule has 92 valence electrons. The molecule has 2 rings (SSSR count). The Bertz CT molecular complexity index is 434. The number of hydrogen-bond donors (Lipinski definition) is 1. The number of rotatable bonds is 1. The van der Waals surface area contributed by atoms with E-state index < -0.39 is 5.60 Å². The van der Waals surface area contributed by atoms with Gasteiger partial charge >= 0.3 is 5.97 Å². The predicted octanol–water partition coefficient (Wildman–Crippen LogP) is 2.20. The summed E-state index contributed by atoms with van der Waals surface area (Å²) < 4.78 is 5.40. The molecule has 0 saturated carbocycles. The summed E-state index contributed by atoms with van der Waals surface area (Å²) >= 11 is 0. The van der Waals surface area contributed by atoms with Crippen molar-refractivity contribution in [2.75, 3.05) is 0 Å². The van der Waals surface area contributed by atoms with Crippen LogP contribution >= 0.6 is 0 Å². The minimum Gasteiger partial charge on any atom is -0.460 e. The second kappa shape index (κ2) is 4.15. The van der Waals surface area contributed by atoms with Crippen molar-refractivity contribution in [1.82, 2.24) is 0 Å². The van der Waals surface area contributed by atoms with E-state index in [1.165, 1.54) is 0 Å². The first-order valence-corrected chi connectivity index (χ1v) is 5.95. The van der Waals surface area contributed by atoms with Crippen molar-refractivity contribution in [2.45, 2.75) is 38.8 Å². The van der Waals surface area contributed by atoms with Crippen molar-refractivity contribution in [3.63, 3.8) is 0 Å². The van der Waals surface area contributed by atoms with Gasteiger partial charge in [0, 0.05) is 6.04 Å². The van der Waals surface area contributed by atoms with Crippen LogP contribution in [-0.2, 0) is 16.0 Å². The molecule has 1 aliphatic rings. The normalized spacial score (nSPS) is 23.3. The zero-order valence-electron chi connectivity index (χ0n) is 10.6. The van der Waals surface area contributed by atoms with Gasteiger partial charge in [-0.15, -0.1) is 0 Å². The van der Waals surface area contributed by atoms with Gasteiger partial charge in [-0.1, -0.05) is 24.3 Å². The number of nitrogens with two attached hydrogens (primary N) is 1. The van der Waals surface area contributed by atoms with Gasteiger partial charge in [0.2, 0.25) is 0 Å². The van der Waals surface area contributed by atoms with Crippen LogP contribution in [0, 0.1) is 5.92 Å². The molecular weight excluding hydrogens is 214 g/mol. The molecule has 2 unspecified atom stereocenters. The van der Waals surface area contributed by atoms with Gasteiger partial charge < -0.3 is 10.5 Å². The van der Waals surface area contributed by atoms with Crippen molar-refractivity contribution in [2.24, 2.45) is 11.7 Å². The minimum atomic E-state index is -0.453. The molecule has 0 fully saturated rings. The topological polar surface area (TPSA) is 52.3 Å². The minimum absolute atomic E-state index is 0.193. The maximum Gasteiger partial charge on any atom is 0.311 e. The van der Waals surface area contributed by atoms with Crippen molar-refractivity contribution in [1.29, 1.82) is 0 Å². The van der Waals surface area contributed by atoms with E-state index in [1.54, 1.807) is 0 Å². The number of ether oxygens (including phenoxy) is 1. The SMILES string of the molecule is CC(C)(C)OC(=O)C1Cc2ccccc2C1N. The van der Waals surface area contributed by atoms with E-state index >= 15 is 0 Å². The molecule has 1 aromatic rings. The monoisotopic (exact) mass is 233 g/mol. The zero-order chi connectivity index (χ0) is 12.6. The van der Waals surface area contributed by atoms with Crippen LogP contribution < -0.4 is 5.73 Å². The van der Waals surface area contributed by atoms with Gasteiger partial charge in [-0.05, 0) is 38.3 Å². The van der Waals surface area contributed by atoms with E-state index in [2.05, 4.69) is 0 Å². The molecular formula is C14H19NO2. The van der Waals surface area contributed by atoms with Gasteiger partial charge in [-0.3, -0.25) is 4.79 Å². The molecule has 0 aromatic heterocycles. The summed E-state index contributed by atoms with van der Waals surface area (Å²) in [6, 6.07) is 7.71. The number of carbonyl (C=O) groups excluding carboxylic acids is 1. The van der Waals surface area contributed by atoms with Crippen molar-refractivity contribution in [3.05, 3.63) is 35.4 Å². The molecule has 0 radical (unpaired) electrons.